The number of rotatable bonds is 2. The molecule has 1 atom stereocenters. The average Bonchev–Trinajstić information content (AvgIpc) is 2.49. The van der Waals surface area contributed by atoms with Gasteiger partial charge < -0.3 is 10.5 Å². The molecule has 1 rings (SSSR count). The Hall–Kier alpha value is -1.10. The highest BCUT2D eigenvalue weighted by molar-refractivity contribution is 5.91. The van der Waals surface area contributed by atoms with Crippen molar-refractivity contribution >= 4 is 11.7 Å². The van der Waals surface area contributed by atoms with Gasteiger partial charge in [-0.25, -0.2) is 10.2 Å². The van der Waals surface area contributed by atoms with E-state index in [0.29, 0.717) is 0 Å². The van der Waals surface area contributed by atoms with Crippen LogP contribution in [-0.2, 0) is 4.74 Å². The van der Waals surface area contributed by atoms with Gasteiger partial charge in [-0.1, -0.05) is 0 Å². The maximum Gasteiger partial charge on any atom is 0.332 e. The summed E-state index contributed by atoms with van der Waals surface area (Å²) in [4.78, 5) is 10.4. The second-order valence-corrected chi connectivity index (χ2v) is 3.36. The molecule has 0 aromatic heterocycles. The molecule has 0 aliphatic carbocycles. The Morgan fingerprint density at radius 2 is 2.38 bits per heavy atom. The Bertz CT molecular complexity index is 232. The minimum Gasteiger partial charge on any atom is -0.369 e. The van der Waals surface area contributed by atoms with Crippen molar-refractivity contribution in [2.45, 2.75) is 32.3 Å². The van der Waals surface area contributed by atoms with Gasteiger partial charge in [0, 0.05) is 6.61 Å². The molecule has 0 spiro atoms. The molecular weight excluding hydrogens is 170 g/mol. The molecule has 1 unspecified atom stereocenters. The molecule has 74 valence electrons. The summed E-state index contributed by atoms with van der Waals surface area (Å²) in [5.74, 6) is 0. The fourth-order valence-electron chi connectivity index (χ4n) is 1.32. The molecule has 1 heterocycles. The predicted octanol–water partition coefficient (Wildman–Crippen LogP) is 0.600. The zero-order valence-electron chi connectivity index (χ0n) is 7.96. The van der Waals surface area contributed by atoms with E-state index in [-0.39, 0.29) is 5.60 Å². The van der Waals surface area contributed by atoms with Crippen LogP contribution in [0.15, 0.2) is 5.10 Å². The lowest BCUT2D eigenvalue weighted by molar-refractivity contribution is 0.0768. The maximum absolute atomic E-state index is 10.4. The number of hydrogen-bond donors (Lipinski definition) is 2. The lowest BCUT2D eigenvalue weighted by atomic mass is 9.98. The number of hydrogen-bond acceptors (Lipinski definition) is 3. The standard InChI is InChI=1S/C8H15N3O2/c1-6(10-11-7(9)12)8(2)4-3-5-13-8/h3-5H2,1-2H3,(H3,9,11,12)/b10-6+. The van der Waals surface area contributed by atoms with Crippen molar-refractivity contribution in [1.29, 1.82) is 0 Å². The van der Waals surface area contributed by atoms with E-state index in [2.05, 4.69) is 10.5 Å². The third kappa shape index (κ3) is 2.42. The van der Waals surface area contributed by atoms with Gasteiger partial charge in [0.25, 0.3) is 0 Å². The maximum atomic E-state index is 10.4. The fraction of sp³-hybridized carbons (Fsp3) is 0.750. The van der Waals surface area contributed by atoms with E-state index >= 15 is 0 Å². The van der Waals surface area contributed by atoms with Crippen LogP contribution < -0.4 is 11.2 Å². The number of primary amides is 1. The number of urea groups is 1. The van der Waals surface area contributed by atoms with E-state index in [4.69, 9.17) is 10.5 Å². The second kappa shape index (κ2) is 3.74. The van der Waals surface area contributed by atoms with Crippen molar-refractivity contribution in [3.63, 3.8) is 0 Å². The van der Waals surface area contributed by atoms with Crippen LogP contribution in [0.3, 0.4) is 0 Å². The van der Waals surface area contributed by atoms with Crippen molar-refractivity contribution in [2.24, 2.45) is 10.8 Å². The summed E-state index contributed by atoms with van der Waals surface area (Å²) >= 11 is 0. The van der Waals surface area contributed by atoms with Crippen LogP contribution in [0.25, 0.3) is 0 Å². The first-order chi connectivity index (χ1) is 6.04. The highest BCUT2D eigenvalue weighted by Crippen LogP contribution is 2.26. The molecule has 5 heteroatoms. The number of carbonyl (C=O) groups excluding carboxylic acids is 1. The first kappa shape index (κ1) is 9.98. The Labute approximate surface area is 77.3 Å². The summed E-state index contributed by atoms with van der Waals surface area (Å²) in [5, 5.41) is 3.84. The van der Waals surface area contributed by atoms with Gasteiger partial charge in [-0.3, -0.25) is 0 Å². The van der Waals surface area contributed by atoms with Crippen molar-refractivity contribution in [3.8, 4) is 0 Å². The summed E-state index contributed by atoms with van der Waals surface area (Å²) < 4.78 is 5.51. The third-order valence-corrected chi connectivity index (χ3v) is 2.32. The normalized spacial score (nSPS) is 28.9. The van der Waals surface area contributed by atoms with Gasteiger partial charge in [0.05, 0.1) is 5.71 Å². The van der Waals surface area contributed by atoms with E-state index in [1.54, 1.807) is 0 Å². The van der Waals surface area contributed by atoms with Crippen molar-refractivity contribution in [3.05, 3.63) is 0 Å². The Morgan fingerprint density at radius 1 is 1.69 bits per heavy atom. The molecule has 2 amide bonds. The summed E-state index contributed by atoms with van der Waals surface area (Å²) in [7, 11) is 0. The quantitative estimate of drug-likeness (QED) is 0.488. The molecule has 1 saturated heterocycles. The largest absolute Gasteiger partial charge is 0.369 e. The molecule has 3 N–H and O–H groups in total. The van der Waals surface area contributed by atoms with Gasteiger partial charge in [-0.2, -0.15) is 5.10 Å². The summed E-state index contributed by atoms with van der Waals surface area (Å²) in [5.41, 5.74) is 7.50. The minimum atomic E-state index is -0.652. The first-order valence-corrected chi connectivity index (χ1v) is 4.29. The third-order valence-electron chi connectivity index (χ3n) is 2.32. The molecular formula is C8H15N3O2. The van der Waals surface area contributed by atoms with Crippen LogP contribution in [0.5, 0.6) is 0 Å². The molecule has 0 bridgehead atoms. The van der Waals surface area contributed by atoms with Crippen LogP contribution in [0.4, 0.5) is 4.79 Å². The number of nitrogens with one attached hydrogen (secondary N) is 1. The molecule has 1 fully saturated rings. The summed E-state index contributed by atoms with van der Waals surface area (Å²) in [6.07, 6.45) is 1.96. The lowest BCUT2D eigenvalue weighted by Gasteiger charge is -2.22. The monoisotopic (exact) mass is 185 g/mol. The van der Waals surface area contributed by atoms with Crippen LogP contribution >= 0.6 is 0 Å². The van der Waals surface area contributed by atoms with Gasteiger partial charge in [0.15, 0.2) is 0 Å². The van der Waals surface area contributed by atoms with E-state index in [0.717, 1.165) is 25.2 Å². The summed E-state index contributed by atoms with van der Waals surface area (Å²) in [6.45, 7) is 4.53. The van der Waals surface area contributed by atoms with E-state index in [9.17, 15) is 4.79 Å². The zero-order chi connectivity index (χ0) is 9.90. The van der Waals surface area contributed by atoms with Crippen molar-refractivity contribution in [2.75, 3.05) is 6.61 Å². The Kier molecular flexibility index (Phi) is 2.87. The van der Waals surface area contributed by atoms with Crippen LogP contribution in [0, 0.1) is 0 Å². The molecule has 1 aliphatic heterocycles. The minimum absolute atomic E-state index is 0.331. The topological polar surface area (TPSA) is 76.7 Å². The van der Waals surface area contributed by atoms with Crippen molar-refractivity contribution < 1.29 is 9.53 Å². The van der Waals surface area contributed by atoms with Crippen LogP contribution in [-0.4, -0.2) is 24.0 Å². The average molecular weight is 185 g/mol. The van der Waals surface area contributed by atoms with E-state index in [1.807, 2.05) is 13.8 Å². The van der Waals surface area contributed by atoms with Gasteiger partial charge in [-0.05, 0) is 26.7 Å². The van der Waals surface area contributed by atoms with E-state index in [1.165, 1.54) is 0 Å². The molecule has 0 saturated carbocycles. The number of nitrogens with two attached hydrogens (primary N) is 1. The Balaban J connectivity index is 2.59. The van der Waals surface area contributed by atoms with Gasteiger partial charge in [0.1, 0.15) is 5.60 Å². The van der Waals surface area contributed by atoms with Gasteiger partial charge in [-0.15, -0.1) is 0 Å². The number of ether oxygens (including phenoxy) is 1. The highest BCUT2D eigenvalue weighted by Gasteiger charge is 2.32. The smallest absolute Gasteiger partial charge is 0.332 e. The molecule has 13 heavy (non-hydrogen) atoms. The van der Waals surface area contributed by atoms with Crippen LogP contribution in [0.2, 0.25) is 0 Å². The highest BCUT2D eigenvalue weighted by atomic mass is 16.5. The van der Waals surface area contributed by atoms with E-state index < -0.39 is 6.03 Å². The lowest BCUT2D eigenvalue weighted by Crippen LogP contribution is -2.35. The number of amides is 2. The number of carbonyl (C=O) groups is 1. The second-order valence-electron chi connectivity index (χ2n) is 3.36. The van der Waals surface area contributed by atoms with Gasteiger partial charge >= 0.3 is 6.03 Å². The predicted molar refractivity (Wildman–Crippen MR) is 49.4 cm³/mol. The molecule has 0 aromatic rings. The molecule has 5 nitrogen and oxygen atoms in total. The SMILES string of the molecule is C/C(=N\NC(N)=O)C1(C)CCCO1. The molecule has 0 aromatic carbocycles. The summed E-state index contributed by atoms with van der Waals surface area (Å²) in [6, 6.07) is -0.652. The van der Waals surface area contributed by atoms with Crippen LogP contribution in [0.1, 0.15) is 26.7 Å². The fourth-order valence-corrected chi connectivity index (χ4v) is 1.32. The van der Waals surface area contributed by atoms with Gasteiger partial charge in [0.2, 0.25) is 0 Å². The number of nitrogens with zero attached hydrogens (tertiary/aromatic N) is 1. The number of hydrazone groups is 1. The first-order valence-electron chi connectivity index (χ1n) is 4.29. The molecule has 1 aliphatic rings. The Morgan fingerprint density at radius 3 is 2.85 bits per heavy atom. The molecule has 0 radical (unpaired) electrons. The zero-order valence-corrected chi connectivity index (χ0v) is 7.96. The van der Waals surface area contributed by atoms with Crippen molar-refractivity contribution in [1.82, 2.24) is 5.43 Å².